The Hall–Kier alpha value is -1.83. The van der Waals surface area contributed by atoms with E-state index in [-0.39, 0.29) is 31.7 Å². The van der Waals surface area contributed by atoms with Gasteiger partial charge in [0.15, 0.2) is 0 Å². The number of rotatable bonds is 6. The van der Waals surface area contributed by atoms with Crippen LogP contribution in [-0.4, -0.2) is 66.8 Å². The first-order valence-corrected chi connectivity index (χ1v) is 6.18. The van der Waals surface area contributed by atoms with E-state index in [9.17, 15) is 14.4 Å². The summed E-state index contributed by atoms with van der Waals surface area (Å²) in [5.41, 5.74) is 0. The van der Waals surface area contributed by atoms with Gasteiger partial charge < -0.3 is 25.4 Å². The molecule has 8 nitrogen and oxygen atoms in total. The molecular weight excluding hydrogens is 254 g/mol. The molecule has 1 rings (SSSR count). The van der Waals surface area contributed by atoms with E-state index >= 15 is 0 Å². The third-order valence-electron chi connectivity index (χ3n) is 2.73. The molecule has 108 valence electrons. The number of piperazine rings is 1. The Balaban J connectivity index is 2.31. The van der Waals surface area contributed by atoms with Crippen LogP contribution in [0.5, 0.6) is 0 Å². The minimum absolute atomic E-state index is 0.120. The van der Waals surface area contributed by atoms with Crippen LogP contribution >= 0.6 is 0 Å². The van der Waals surface area contributed by atoms with Gasteiger partial charge in [-0.3, -0.25) is 4.79 Å². The van der Waals surface area contributed by atoms with Crippen molar-refractivity contribution in [2.45, 2.75) is 19.4 Å². The summed E-state index contributed by atoms with van der Waals surface area (Å²) in [5.74, 6) is -1.20. The van der Waals surface area contributed by atoms with Crippen LogP contribution in [0.2, 0.25) is 0 Å². The van der Waals surface area contributed by atoms with Crippen molar-refractivity contribution in [1.29, 1.82) is 0 Å². The minimum Gasteiger partial charge on any atom is -0.480 e. The zero-order valence-corrected chi connectivity index (χ0v) is 10.8. The van der Waals surface area contributed by atoms with Crippen molar-refractivity contribution in [3.05, 3.63) is 0 Å². The molecule has 0 bridgehead atoms. The maximum atomic E-state index is 11.9. The number of aliphatic carboxylic acids is 1. The van der Waals surface area contributed by atoms with Crippen molar-refractivity contribution in [1.82, 2.24) is 15.5 Å². The Labute approximate surface area is 111 Å². The zero-order valence-electron chi connectivity index (χ0n) is 10.8. The van der Waals surface area contributed by atoms with E-state index in [2.05, 4.69) is 10.6 Å². The first kappa shape index (κ1) is 15.2. The number of nitrogens with one attached hydrogen (secondary N) is 2. The molecule has 1 aliphatic heterocycles. The average molecular weight is 273 g/mol. The number of carbonyl (C=O) groups excluding carboxylic acids is 2. The van der Waals surface area contributed by atoms with Crippen molar-refractivity contribution in [2.24, 2.45) is 0 Å². The van der Waals surface area contributed by atoms with Crippen LogP contribution in [0.1, 0.15) is 13.3 Å². The normalized spacial score (nSPS) is 18.9. The quantitative estimate of drug-likeness (QED) is 0.538. The summed E-state index contributed by atoms with van der Waals surface area (Å²) in [5, 5.41) is 13.7. The summed E-state index contributed by atoms with van der Waals surface area (Å²) in [6.07, 6.45) is 0.550. The number of amides is 3. The van der Waals surface area contributed by atoms with Crippen molar-refractivity contribution >= 4 is 17.9 Å². The molecule has 19 heavy (non-hydrogen) atoms. The van der Waals surface area contributed by atoms with Crippen molar-refractivity contribution in [3.8, 4) is 0 Å². The third-order valence-corrected chi connectivity index (χ3v) is 2.73. The van der Waals surface area contributed by atoms with Gasteiger partial charge in [0.25, 0.3) is 0 Å². The highest BCUT2D eigenvalue weighted by atomic mass is 16.5. The lowest BCUT2D eigenvalue weighted by Crippen LogP contribution is -2.59. The van der Waals surface area contributed by atoms with Crippen LogP contribution in [0.25, 0.3) is 0 Å². The van der Waals surface area contributed by atoms with E-state index in [0.717, 1.165) is 0 Å². The van der Waals surface area contributed by atoms with Crippen LogP contribution in [-0.2, 0) is 14.3 Å². The summed E-state index contributed by atoms with van der Waals surface area (Å²) in [6, 6.07) is -0.783. The fraction of sp³-hybridized carbons (Fsp3) is 0.727. The monoisotopic (exact) mass is 273 g/mol. The first-order chi connectivity index (χ1) is 9.06. The predicted molar refractivity (Wildman–Crippen MR) is 65.6 cm³/mol. The summed E-state index contributed by atoms with van der Waals surface area (Å²) in [6.45, 7) is 2.69. The Bertz CT molecular complexity index is 347. The number of ether oxygens (including phenoxy) is 1. The molecule has 0 radical (unpaired) electrons. The molecule has 0 aromatic rings. The molecular formula is C11H19N3O5. The highest BCUT2D eigenvalue weighted by Crippen LogP contribution is 2.08. The van der Waals surface area contributed by atoms with Gasteiger partial charge in [-0.2, -0.15) is 0 Å². The van der Waals surface area contributed by atoms with Crippen LogP contribution in [0.4, 0.5) is 4.79 Å². The number of carboxylic acids is 1. The maximum Gasteiger partial charge on any atom is 0.329 e. The third kappa shape index (κ3) is 4.74. The highest BCUT2D eigenvalue weighted by molar-refractivity contribution is 5.88. The molecule has 1 fully saturated rings. The van der Waals surface area contributed by atoms with Gasteiger partial charge in [-0.05, 0) is 6.42 Å². The molecule has 3 N–H and O–H groups in total. The van der Waals surface area contributed by atoms with E-state index < -0.39 is 12.0 Å². The molecule has 1 saturated heterocycles. The number of hydrogen-bond donors (Lipinski definition) is 3. The minimum atomic E-state index is -1.05. The van der Waals surface area contributed by atoms with Crippen LogP contribution in [0.3, 0.4) is 0 Å². The Morgan fingerprint density at radius 2 is 2.32 bits per heavy atom. The van der Waals surface area contributed by atoms with Gasteiger partial charge in [-0.15, -0.1) is 0 Å². The number of urea groups is 1. The standard InChI is InChI=1S/C11H19N3O5/c1-2-8-10(17)12-3-5-14(8)11(18)13-4-6-19-7-9(15)16/h8H,2-7H2,1H3,(H,12,17)(H,13,18)(H,15,16). The fourth-order valence-electron chi connectivity index (χ4n) is 1.85. The SMILES string of the molecule is CCC1C(=O)NCCN1C(=O)NCCOCC(=O)O. The van der Waals surface area contributed by atoms with Gasteiger partial charge >= 0.3 is 12.0 Å². The largest absolute Gasteiger partial charge is 0.480 e. The fourth-order valence-corrected chi connectivity index (χ4v) is 1.85. The van der Waals surface area contributed by atoms with Gasteiger partial charge in [0.1, 0.15) is 12.6 Å². The number of carboxylic acid groups (broad SMARTS) is 1. The summed E-state index contributed by atoms with van der Waals surface area (Å²) < 4.78 is 4.80. The maximum absolute atomic E-state index is 11.9. The lowest BCUT2D eigenvalue weighted by molar-refractivity contribution is -0.142. The molecule has 1 aliphatic rings. The van der Waals surface area contributed by atoms with Crippen molar-refractivity contribution in [3.63, 3.8) is 0 Å². The molecule has 0 spiro atoms. The molecule has 1 heterocycles. The second-order valence-electron chi connectivity index (χ2n) is 4.09. The first-order valence-electron chi connectivity index (χ1n) is 6.18. The summed E-state index contributed by atoms with van der Waals surface area (Å²) in [4.78, 5) is 35.1. The van der Waals surface area contributed by atoms with Crippen LogP contribution < -0.4 is 10.6 Å². The van der Waals surface area contributed by atoms with Gasteiger partial charge in [0, 0.05) is 19.6 Å². The molecule has 0 saturated carbocycles. The van der Waals surface area contributed by atoms with Crippen molar-refractivity contribution < 1.29 is 24.2 Å². The Kier molecular flexibility index (Phi) is 6.07. The average Bonchev–Trinajstić information content (AvgIpc) is 2.37. The van der Waals surface area contributed by atoms with Gasteiger partial charge in [0.05, 0.1) is 6.61 Å². The molecule has 1 atom stereocenters. The highest BCUT2D eigenvalue weighted by Gasteiger charge is 2.31. The summed E-state index contributed by atoms with van der Waals surface area (Å²) in [7, 11) is 0. The number of hydrogen-bond acceptors (Lipinski definition) is 4. The van der Waals surface area contributed by atoms with E-state index in [0.29, 0.717) is 19.5 Å². The predicted octanol–water partition coefficient (Wildman–Crippen LogP) is -0.992. The lowest BCUT2D eigenvalue weighted by Gasteiger charge is -2.34. The van der Waals surface area contributed by atoms with Crippen molar-refractivity contribution in [2.75, 3.05) is 32.8 Å². The van der Waals surface area contributed by atoms with E-state index in [4.69, 9.17) is 9.84 Å². The molecule has 0 aliphatic carbocycles. The van der Waals surface area contributed by atoms with Gasteiger partial charge in [-0.1, -0.05) is 6.92 Å². The summed E-state index contributed by atoms with van der Waals surface area (Å²) >= 11 is 0. The van der Waals surface area contributed by atoms with E-state index in [1.54, 1.807) is 0 Å². The topological polar surface area (TPSA) is 108 Å². The molecule has 1 unspecified atom stereocenters. The number of carbonyl (C=O) groups is 3. The number of nitrogens with zero attached hydrogens (tertiary/aromatic N) is 1. The smallest absolute Gasteiger partial charge is 0.329 e. The Morgan fingerprint density at radius 3 is 2.95 bits per heavy atom. The molecule has 0 aromatic heterocycles. The van der Waals surface area contributed by atoms with Gasteiger partial charge in [0.2, 0.25) is 5.91 Å². The van der Waals surface area contributed by atoms with E-state index in [1.807, 2.05) is 6.92 Å². The van der Waals surface area contributed by atoms with Crippen LogP contribution in [0, 0.1) is 0 Å². The molecule has 8 heteroatoms. The van der Waals surface area contributed by atoms with Gasteiger partial charge in [-0.25, -0.2) is 9.59 Å². The lowest BCUT2D eigenvalue weighted by atomic mass is 10.1. The second-order valence-corrected chi connectivity index (χ2v) is 4.09. The molecule has 0 aromatic carbocycles. The zero-order chi connectivity index (χ0) is 14.3. The Morgan fingerprint density at radius 1 is 1.58 bits per heavy atom. The molecule has 3 amide bonds. The van der Waals surface area contributed by atoms with E-state index in [1.165, 1.54) is 4.90 Å². The second kappa shape index (κ2) is 7.57. The van der Waals surface area contributed by atoms with Crippen LogP contribution in [0.15, 0.2) is 0 Å².